The molecule has 2 rings (SSSR count). The molecule has 1 aromatic rings. The lowest BCUT2D eigenvalue weighted by Gasteiger charge is -2.25. The van der Waals surface area contributed by atoms with Gasteiger partial charge in [0, 0.05) is 18.5 Å². The molecular formula is C16H19NO4S. The fourth-order valence-electron chi connectivity index (χ4n) is 2.61. The molecular weight excluding hydrogens is 302 g/mol. The number of Topliss-reactive ketones (excluding diaryl/α,β-unsaturated/α-hetero) is 1. The highest BCUT2D eigenvalue weighted by Gasteiger charge is 2.32. The molecule has 0 heterocycles. The summed E-state index contributed by atoms with van der Waals surface area (Å²) in [6.07, 6.45) is 1.08. The second-order valence-corrected chi connectivity index (χ2v) is 7.42. The van der Waals surface area contributed by atoms with E-state index in [9.17, 15) is 18.0 Å². The largest absolute Gasteiger partial charge is 0.329 e. The predicted octanol–water partition coefficient (Wildman–Crippen LogP) is 2.20. The van der Waals surface area contributed by atoms with E-state index in [1.54, 1.807) is 18.2 Å². The highest BCUT2D eigenvalue weighted by Crippen LogP contribution is 2.35. The first kappa shape index (κ1) is 16.4. The predicted molar refractivity (Wildman–Crippen MR) is 82.5 cm³/mol. The molecule has 0 radical (unpaired) electrons. The molecule has 1 aromatic carbocycles. The SMILES string of the molecule is CC(=O)NC1=C(S(=O)(=O)c2ccccc2)CC(C(C)=O)CC1. The molecule has 0 saturated carbocycles. The van der Waals surface area contributed by atoms with Gasteiger partial charge in [-0.25, -0.2) is 8.42 Å². The zero-order valence-corrected chi connectivity index (χ0v) is 13.4. The monoisotopic (exact) mass is 321 g/mol. The first-order valence-corrected chi connectivity index (χ1v) is 8.61. The third kappa shape index (κ3) is 3.44. The summed E-state index contributed by atoms with van der Waals surface area (Å²) in [5.41, 5.74) is 0.411. The van der Waals surface area contributed by atoms with Gasteiger partial charge in [-0.3, -0.25) is 9.59 Å². The van der Waals surface area contributed by atoms with Gasteiger partial charge < -0.3 is 5.32 Å². The molecule has 0 spiro atoms. The maximum atomic E-state index is 12.8. The second-order valence-electron chi connectivity index (χ2n) is 5.45. The maximum absolute atomic E-state index is 12.8. The lowest BCUT2D eigenvalue weighted by atomic mass is 9.89. The number of sulfone groups is 1. The third-order valence-corrected chi connectivity index (χ3v) is 5.75. The molecule has 22 heavy (non-hydrogen) atoms. The van der Waals surface area contributed by atoms with Crippen molar-refractivity contribution in [2.75, 3.05) is 0 Å². The molecule has 5 nitrogen and oxygen atoms in total. The zero-order valence-electron chi connectivity index (χ0n) is 12.6. The van der Waals surface area contributed by atoms with Crippen LogP contribution in [0.2, 0.25) is 0 Å². The Kier molecular flexibility index (Phi) is 4.81. The van der Waals surface area contributed by atoms with E-state index in [1.165, 1.54) is 26.0 Å². The van der Waals surface area contributed by atoms with E-state index < -0.39 is 9.84 Å². The Hall–Kier alpha value is -1.95. The van der Waals surface area contributed by atoms with Gasteiger partial charge in [0.25, 0.3) is 0 Å². The summed E-state index contributed by atoms with van der Waals surface area (Å²) in [7, 11) is -3.71. The number of hydrogen-bond acceptors (Lipinski definition) is 4. The normalized spacial score (nSPS) is 18.9. The number of carbonyl (C=O) groups excluding carboxylic acids is 2. The van der Waals surface area contributed by atoms with Gasteiger partial charge in [0.2, 0.25) is 15.7 Å². The zero-order chi connectivity index (χ0) is 16.3. The van der Waals surface area contributed by atoms with Crippen LogP contribution in [0.1, 0.15) is 33.1 Å². The number of hydrogen-bond donors (Lipinski definition) is 1. The summed E-state index contributed by atoms with van der Waals surface area (Å²) in [5.74, 6) is -0.648. The number of allylic oxidation sites excluding steroid dienone is 2. The van der Waals surface area contributed by atoms with Crippen LogP contribution >= 0.6 is 0 Å². The Labute approximate surface area is 130 Å². The van der Waals surface area contributed by atoms with E-state index in [0.717, 1.165) is 0 Å². The van der Waals surface area contributed by atoms with Gasteiger partial charge in [0.15, 0.2) is 0 Å². The van der Waals surface area contributed by atoms with Crippen LogP contribution in [-0.4, -0.2) is 20.1 Å². The van der Waals surface area contributed by atoms with E-state index in [2.05, 4.69) is 5.32 Å². The summed E-state index contributed by atoms with van der Waals surface area (Å²) in [4.78, 5) is 23.3. The number of amides is 1. The van der Waals surface area contributed by atoms with E-state index >= 15 is 0 Å². The molecule has 0 aromatic heterocycles. The van der Waals surface area contributed by atoms with Gasteiger partial charge in [-0.05, 0) is 38.3 Å². The molecule has 6 heteroatoms. The lowest BCUT2D eigenvalue weighted by molar-refractivity contribution is -0.120. The van der Waals surface area contributed by atoms with Crippen molar-refractivity contribution in [2.24, 2.45) is 5.92 Å². The van der Waals surface area contributed by atoms with E-state index in [-0.39, 0.29) is 33.8 Å². The lowest BCUT2D eigenvalue weighted by Crippen LogP contribution is -2.29. The van der Waals surface area contributed by atoms with E-state index in [1.807, 2.05) is 0 Å². The summed E-state index contributed by atoms with van der Waals surface area (Å²) in [6, 6.07) is 8.07. The van der Waals surface area contributed by atoms with Crippen LogP contribution in [0, 0.1) is 5.92 Å². The molecule has 0 saturated heterocycles. The van der Waals surface area contributed by atoms with Crippen LogP contribution < -0.4 is 5.32 Å². The van der Waals surface area contributed by atoms with Gasteiger partial charge in [-0.2, -0.15) is 0 Å². The Morgan fingerprint density at radius 1 is 1.14 bits per heavy atom. The topological polar surface area (TPSA) is 80.3 Å². The van der Waals surface area contributed by atoms with Crippen molar-refractivity contribution in [3.63, 3.8) is 0 Å². The molecule has 0 bridgehead atoms. The average Bonchev–Trinajstić information content (AvgIpc) is 2.47. The Morgan fingerprint density at radius 2 is 1.77 bits per heavy atom. The fraction of sp³-hybridized carbons (Fsp3) is 0.375. The summed E-state index contributed by atoms with van der Waals surface area (Å²) >= 11 is 0. The van der Waals surface area contributed by atoms with Crippen molar-refractivity contribution in [3.05, 3.63) is 40.9 Å². The first-order chi connectivity index (χ1) is 10.3. The molecule has 118 valence electrons. The Balaban J connectivity index is 2.50. The quantitative estimate of drug-likeness (QED) is 0.922. The van der Waals surface area contributed by atoms with Gasteiger partial charge in [0.05, 0.1) is 9.80 Å². The molecule has 1 aliphatic rings. The number of rotatable bonds is 4. The summed E-state index contributed by atoms with van der Waals surface area (Å²) < 4.78 is 25.7. The van der Waals surface area contributed by atoms with Crippen LogP contribution in [0.3, 0.4) is 0 Å². The van der Waals surface area contributed by atoms with Crippen LogP contribution in [0.4, 0.5) is 0 Å². The molecule has 1 unspecified atom stereocenters. The molecule has 1 aliphatic carbocycles. The fourth-order valence-corrected chi connectivity index (χ4v) is 4.31. The van der Waals surface area contributed by atoms with Gasteiger partial charge >= 0.3 is 0 Å². The molecule has 0 fully saturated rings. The average molecular weight is 321 g/mol. The Bertz CT molecular complexity index is 720. The first-order valence-electron chi connectivity index (χ1n) is 7.12. The number of carbonyl (C=O) groups is 2. The standard InChI is InChI=1S/C16H19NO4S/c1-11(18)13-8-9-15(17-12(2)19)16(10-13)22(20,21)14-6-4-3-5-7-14/h3-7,13H,8-10H2,1-2H3,(H,17,19). The number of benzene rings is 1. The minimum atomic E-state index is -3.71. The summed E-state index contributed by atoms with van der Waals surface area (Å²) in [5, 5.41) is 2.62. The van der Waals surface area contributed by atoms with Crippen LogP contribution in [0.15, 0.2) is 45.8 Å². The van der Waals surface area contributed by atoms with Crippen molar-refractivity contribution in [3.8, 4) is 0 Å². The van der Waals surface area contributed by atoms with Crippen LogP contribution in [0.25, 0.3) is 0 Å². The van der Waals surface area contributed by atoms with Crippen LogP contribution in [-0.2, 0) is 19.4 Å². The maximum Gasteiger partial charge on any atom is 0.221 e. The van der Waals surface area contributed by atoms with Crippen molar-refractivity contribution >= 4 is 21.5 Å². The number of ketones is 1. The smallest absolute Gasteiger partial charge is 0.221 e. The number of nitrogens with one attached hydrogen (secondary N) is 1. The van der Waals surface area contributed by atoms with Crippen molar-refractivity contribution in [1.82, 2.24) is 5.32 Å². The highest BCUT2D eigenvalue weighted by atomic mass is 32.2. The van der Waals surface area contributed by atoms with Crippen molar-refractivity contribution < 1.29 is 18.0 Å². The minimum Gasteiger partial charge on any atom is -0.329 e. The molecule has 1 N–H and O–H groups in total. The van der Waals surface area contributed by atoms with Crippen molar-refractivity contribution in [1.29, 1.82) is 0 Å². The second kappa shape index (κ2) is 6.44. The third-order valence-electron chi connectivity index (χ3n) is 3.79. The molecule has 1 amide bonds. The summed E-state index contributed by atoms with van der Waals surface area (Å²) in [6.45, 7) is 2.82. The minimum absolute atomic E-state index is 0.0253. The van der Waals surface area contributed by atoms with Gasteiger partial charge in [-0.15, -0.1) is 0 Å². The van der Waals surface area contributed by atoms with Gasteiger partial charge in [0.1, 0.15) is 5.78 Å². The Morgan fingerprint density at radius 3 is 2.32 bits per heavy atom. The van der Waals surface area contributed by atoms with E-state index in [4.69, 9.17) is 0 Å². The molecule has 1 atom stereocenters. The van der Waals surface area contributed by atoms with Gasteiger partial charge in [-0.1, -0.05) is 18.2 Å². The highest BCUT2D eigenvalue weighted by molar-refractivity contribution is 7.95. The van der Waals surface area contributed by atoms with Crippen molar-refractivity contribution in [2.45, 2.75) is 38.0 Å². The van der Waals surface area contributed by atoms with Crippen LogP contribution in [0.5, 0.6) is 0 Å². The van der Waals surface area contributed by atoms with E-state index in [0.29, 0.717) is 18.5 Å². The molecule has 0 aliphatic heterocycles.